The van der Waals surface area contributed by atoms with Crippen LogP contribution in [0.5, 0.6) is 0 Å². The Morgan fingerprint density at radius 2 is 2.42 bits per heavy atom. The summed E-state index contributed by atoms with van der Waals surface area (Å²) in [5, 5.41) is 14.5. The van der Waals surface area contributed by atoms with Gasteiger partial charge < -0.3 is 0 Å². The third-order valence-electron chi connectivity index (χ3n) is 1.23. The minimum atomic E-state index is 0.880. The fraction of sp³-hybridized carbons (Fsp3) is 0. The lowest BCUT2D eigenvalue weighted by Gasteiger charge is -1.84. The van der Waals surface area contributed by atoms with E-state index in [4.69, 9.17) is 0 Å². The van der Waals surface area contributed by atoms with Crippen LogP contribution >= 0.6 is 11.3 Å². The van der Waals surface area contributed by atoms with Crippen molar-refractivity contribution < 1.29 is 0 Å². The van der Waals surface area contributed by atoms with Crippen molar-refractivity contribution in [3.05, 3.63) is 36.0 Å². The van der Waals surface area contributed by atoms with Crippen molar-refractivity contribution in [2.45, 2.75) is 0 Å². The van der Waals surface area contributed by atoms with E-state index in [1.54, 1.807) is 29.8 Å². The number of thiophene rings is 1. The lowest BCUT2D eigenvalue weighted by molar-refractivity contribution is 0.693. The molecule has 0 aliphatic carbocycles. The third kappa shape index (κ3) is 1.57. The van der Waals surface area contributed by atoms with Crippen molar-refractivity contribution in [2.75, 3.05) is 0 Å². The molecule has 2 aromatic rings. The highest BCUT2D eigenvalue weighted by molar-refractivity contribution is 7.13. The largest absolute Gasteiger partial charge is 0.158 e. The van der Waals surface area contributed by atoms with Gasteiger partial charge in [0.1, 0.15) is 5.00 Å². The zero-order valence-electron chi connectivity index (χ0n) is 6.16. The van der Waals surface area contributed by atoms with Gasteiger partial charge in [0.2, 0.25) is 0 Å². The summed E-state index contributed by atoms with van der Waals surface area (Å²) in [7, 11) is 0. The molecule has 60 valence electrons. The lowest BCUT2D eigenvalue weighted by atomic mass is 10.6. The first-order valence-electron chi connectivity index (χ1n) is 3.40. The molecule has 0 saturated heterocycles. The highest BCUT2D eigenvalue weighted by Crippen LogP contribution is 2.18. The zero-order chi connectivity index (χ0) is 8.23. The Bertz CT molecular complexity index is 312. The van der Waals surface area contributed by atoms with Gasteiger partial charge in [-0.25, -0.2) is 0 Å². The van der Waals surface area contributed by atoms with Gasteiger partial charge in [-0.05, 0) is 28.8 Å². The molecule has 0 fully saturated rings. The van der Waals surface area contributed by atoms with Gasteiger partial charge in [-0.2, -0.15) is 5.10 Å². The van der Waals surface area contributed by atoms with Crippen LogP contribution in [0.3, 0.4) is 0 Å². The fourth-order valence-corrected chi connectivity index (χ4v) is 1.27. The van der Waals surface area contributed by atoms with Crippen molar-refractivity contribution in [2.24, 2.45) is 10.3 Å². The van der Waals surface area contributed by atoms with Crippen LogP contribution in [0, 0.1) is 0 Å². The number of hydrogen-bond donors (Lipinski definition) is 0. The van der Waals surface area contributed by atoms with Gasteiger partial charge in [0.05, 0.1) is 12.4 Å². The molecule has 0 bridgehead atoms. The van der Waals surface area contributed by atoms with Crippen LogP contribution < -0.4 is 0 Å². The Hall–Kier alpha value is -1.49. The van der Waals surface area contributed by atoms with Gasteiger partial charge in [0, 0.05) is 0 Å². The molecule has 2 aromatic heterocycles. The monoisotopic (exact) mass is 178 g/mol. The second-order valence-corrected chi connectivity index (χ2v) is 2.99. The molecule has 5 heteroatoms. The predicted octanol–water partition coefficient (Wildman–Crippen LogP) is 2.49. The van der Waals surface area contributed by atoms with Gasteiger partial charge >= 0.3 is 0 Å². The molecule has 0 aliphatic rings. The smallest absolute Gasteiger partial charge is 0.140 e. The number of nitrogens with zero attached hydrogens (tertiary/aromatic N) is 4. The van der Waals surface area contributed by atoms with Gasteiger partial charge in [-0.15, -0.1) is 21.2 Å². The van der Waals surface area contributed by atoms with Gasteiger partial charge in [-0.1, -0.05) is 0 Å². The van der Waals surface area contributed by atoms with E-state index in [1.807, 2.05) is 17.5 Å². The molecule has 0 N–H and O–H groups in total. The third-order valence-corrected chi connectivity index (χ3v) is 1.98. The standard InChI is InChI=1S/C7H6N4S/c1-3-7(12-6-1)9-10-11-5-2-4-8-11/h1-6H. The summed E-state index contributed by atoms with van der Waals surface area (Å²) in [4.78, 5) is 1.42. The molecule has 12 heavy (non-hydrogen) atoms. The van der Waals surface area contributed by atoms with E-state index in [9.17, 15) is 0 Å². The second-order valence-electron chi connectivity index (χ2n) is 2.07. The van der Waals surface area contributed by atoms with Crippen LogP contribution in [-0.2, 0) is 0 Å². The lowest BCUT2D eigenvalue weighted by Crippen LogP contribution is -1.83. The van der Waals surface area contributed by atoms with E-state index < -0.39 is 0 Å². The van der Waals surface area contributed by atoms with Crippen LogP contribution in [0.4, 0.5) is 5.00 Å². The summed E-state index contributed by atoms with van der Waals surface area (Å²) in [6.07, 6.45) is 3.39. The molecule has 2 heterocycles. The van der Waals surface area contributed by atoms with E-state index in [0.29, 0.717) is 0 Å². The van der Waals surface area contributed by atoms with Crippen LogP contribution in [-0.4, -0.2) is 9.89 Å². The molecular weight excluding hydrogens is 172 g/mol. The molecule has 0 atom stereocenters. The Morgan fingerprint density at radius 3 is 3.08 bits per heavy atom. The fourth-order valence-electron chi connectivity index (χ4n) is 0.730. The Balaban J connectivity index is 2.14. The summed E-state index contributed by atoms with van der Waals surface area (Å²) >= 11 is 1.54. The van der Waals surface area contributed by atoms with Crippen molar-refractivity contribution in [3.8, 4) is 0 Å². The van der Waals surface area contributed by atoms with E-state index in [2.05, 4.69) is 15.4 Å². The van der Waals surface area contributed by atoms with E-state index in [1.165, 1.54) is 4.79 Å². The topological polar surface area (TPSA) is 42.5 Å². The quantitative estimate of drug-likeness (QED) is 0.651. The molecule has 0 aliphatic heterocycles. The maximum Gasteiger partial charge on any atom is 0.140 e. The summed E-state index contributed by atoms with van der Waals surface area (Å²) in [5.74, 6) is 0. The highest BCUT2D eigenvalue weighted by atomic mass is 32.1. The summed E-state index contributed by atoms with van der Waals surface area (Å²) < 4.78 is 0. The number of hydrogen-bond acceptors (Lipinski definition) is 4. The van der Waals surface area contributed by atoms with Gasteiger partial charge in [0.15, 0.2) is 0 Å². The van der Waals surface area contributed by atoms with E-state index in [-0.39, 0.29) is 0 Å². The van der Waals surface area contributed by atoms with Crippen molar-refractivity contribution in [1.82, 2.24) is 9.89 Å². The molecule has 0 amide bonds. The SMILES string of the molecule is c1csc(N=Nn2cccn2)c1. The first-order valence-corrected chi connectivity index (χ1v) is 4.28. The summed E-state index contributed by atoms with van der Waals surface area (Å²) in [6, 6.07) is 5.63. The maximum atomic E-state index is 3.95. The second kappa shape index (κ2) is 3.27. The van der Waals surface area contributed by atoms with Crippen molar-refractivity contribution in [1.29, 1.82) is 0 Å². The summed E-state index contributed by atoms with van der Waals surface area (Å²) in [6.45, 7) is 0. The Kier molecular flexibility index (Phi) is 1.96. The minimum Gasteiger partial charge on any atom is -0.158 e. The number of rotatable bonds is 2. The van der Waals surface area contributed by atoms with E-state index >= 15 is 0 Å². The predicted molar refractivity (Wildman–Crippen MR) is 46.5 cm³/mol. The molecule has 0 saturated carbocycles. The normalized spacial score (nSPS) is 11.0. The molecule has 0 aromatic carbocycles. The average molecular weight is 178 g/mol. The van der Waals surface area contributed by atoms with Gasteiger partial charge in [-0.3, -0.25) is 0 Å². The van der Waals surface area contributed by atoms with Crippen LogP contribution in [0.25, 0.3) is 0 Å². The Morgan fingerprint density at radius 1 is 1.42 bits per heavy atom. The number of aromatic nitrogens is 2. The van der Waals surface area contributed by atoms with Crippen LogP contribution in [0.15, 0.2) is 46.3 Å². The highest BCUT2D eigenvalue weighted by Gasteiger charge is 1.87. The first kappa shape index (κ1) is 7.17. The van der Waals surface area contributed by atoms with Gasteiger partial charge in [0.25, 0.3) is 0 Å². The average Bonchev–Trinajstić information content (AvgIpc) is 2.74. The zero-order valence-corrected chi connectivity index (χ0v) is 6.98. The molecule has 0 spiro atoms. The van der Waals surface area contributed by atoms with Crippen LogP contribution in [0.1, 0.15) is 0 Å². The molecule has 0 radical (unpaired) electrons. The summed E-state index contributed by atoms with van der Waals surface area (Å²) in [5.41, 5.74) is 0. The van der Waals surface area contributed by atoms with E-state index in [0.717, 1.165) is 5.00 Å². The van der Waals surface area contributed by atoms with Crippen molar-refractivity contribution in [3.63, 3.8) is 0 Å². The molecule has 0 unspecified atom stereocenters. The maximum absolute atomic E-state index is 3.95. The molecule has 2 rings (SSSR count). The van der Waals surface area contributed by atoms with Crippen molar-refractivity contribution >= 4 is 16.3 Å². The Labute approximate surface area is 73.2 Å². The molecular formula is C7H6N4S. The molecule has 4 nitrogen and oxygen atoms in total. The first-order chi connectivity index (χ1) is 5.95. The minimum absolute atomic E-state index is 0.880. The van der Waals surface area contributed by atoms with Crippen LogP contribution in [0.2, 0.25) is 0 Å².